The summed E-state index contributed by atoms with van der Waals surface area (Å²) in [7, 11) is 0. The molecule has 1 aromatic heterocycles. The molecule has 0 spiro atoms. The fourth-order valence-electron chi connectivity index (χ4n) is 2.38. The summed E-state index contributed by atoms with van der Waals surface area (Å²) in [5, 5.41) is 9.34. The molecular weight excluding hydrogens is 286 g/mol. The third kappa shape index (κ3) is 2.80. The zero-order valence-electron chi connectivity index (χ0n) is 12.6. The van der Waals surface area contributed by atoms with Crippen molar-refractivity contribution in [3.8, 4) is 0 Å². The van der Waals surface area contributed by atoms with Gasteiger partial charge in [-0.2, -0.15) is 0 Å². The lowest BCUT2D eigenvalue weighted by Gasteiger charge is -2.19. The lowest BCUT2D eigenvalue weighted by molar-refractivity contribution is 0.0732. The van der Waals surface area contributed by atoms with Gasteiger partial charge in [0.25, 0.3) is 11.5 Å². The summed E-state index contributed by atoms with van der Waals surface area (Å²) < 4.78 is 1.11. The van der Waals surface area contributed by atoms with Crippen LogP contribution in [0, 0.1) is 0 Å². The fraction of sp³-hybridized carbons (Fsp3) is 0.400. The Bertz CT molecular complexity index is 807. The quantitative estimate of drug-likeness (QED) is 0.823. The summed E-state index contributed by atoms with van der Waals surface area (Å²) in [4.78, 5) is 40.5. The van der Waals surface area contributed by atoms with Crippen LogP contribution in [0.2, 0.25) is 0 Å². The van der Waals surface area contributed by atoms with E-state index in [1.54, 1.807) is 19.1 Å². The maximum atomic E-state index is 12.3. The number of hydrogen-bond donors (Lipinski definition) is 2. The molecule has 2 N–H and O–H groups in total. The predicted molar refractivity (Wildman–Crippen MR) is 83.2 cm³/mol. The third-order valence-electron chi connectivity index (χ3n) is 3.58. The van der Waals surface area contributed by atoms with Gasteiger partial charge in [0.1, 0.15) is 0 Å². The van der Waals surface area contributed by atoms with Gasteiger partial charge in [0.2, 0.25) is 0 Å². The molecule has 1 aromatic carbocycles. The topological polar surface area (TPSA) is 95.4 Å². The van der Waals surface area contributed by atoms with Gasteiger partial charge in [-0.3, -0.25) is 14.2 Å². The van der Waals surface area contributed by atoms with Crippen LogP contribution >= 0.6 is 0 Å². The first-order valence-corrected chi connectivity index (χ1v) is 7.20. The molecule has 1 amide bonds. The highest BCUT2D eigenvalue weighted by Gasteiger charge is 2.15. The highest BCUT2D eigenvalue weighted by atomic mass is 16.3. The van der Waals surface area contributed by atoms with Crippen LogP contribution in [0.1, 0.15) is 24.2 Å². The SMILES string of the molecule is CCN(CCO)C(=O)c1ccc2c(=O)n(CC)c(=O)[nH]c2c1. The third-order valence-corrected chi connectivity index (χ3v) is 3.58. The number of carbonyl (C=O) groups is 1. The van der Waals surface area contributed by atoms with Crippen LogP contribution in [0.5, 0.6) is 0 Å². The van der Waals surface area contributed by atoms with Crippen LogP contribution in [-0.4, -0.2) is 45.2 Å². The van der Waals surface area contributed by atoms with E-state index in [1.165, 1.54) is 11.0 Å². The van der Waals surface area contributed by atoms with Crippen LogP contribution in [0.4, 0.5) is 0 Å². The zero-order valence-corrected chi connectivity index (χ0v) is 12.6. The zero-order chi connectivity index (χ0) is 16.3. The van der Waals surface area contributed by atoms with Gasteiger partial charge in [-0.1, -0.05) is 0 Å². The maximum Gasteiger partial charge on any atom is 0.328 e. The second-order valence-electron chi connectivity index (χ2n) is 4.85. The van der Waals surface area contributed by atoms with Crippen molar-refractivity contribution < 1.29 is 9.90 Å². The summed E-state index contributed by atoms with van der Waals surface area (Å²) in [5.41, 5.74) is -0.159. The van der Waals surface area contributed by atoms with Crippen LogP contribution in [0.3, 0.4) is 0 Å². The number of rotatable bonds is 5. The average Bonchev–Trinajstić information content (AvgIpc) is 2.51. The number of carbonyl (C=O) groups excluding carboxylic acids is 1. The molecule has 22 heavy (non-hydrogen) atoms. The summed E-state index contributed by atoms with van der Waals surface area (Å²) >= 11 is 0. The molecule has 0 aliphatic carbocycles. The molecule has 2 aromatic rings. The standard InChI is InChI=1S/C15H19N3O4/c1-3-17(7-8-19)13(20)10-5-6-11-12(9-10)16-15(22)18(4-2)14(11)21/h5-6,9,19H,3-4,7-8H2,1-2H3,(H,16,22). The largest absolute Gasteiger partial charge is 0.395 e. The van der Waals surface area contributed by atoms with Crippen molar-refractivity contribution in [1.82, 2.24) is 14.5 Å². The Hall–Kier alpha value is -2.41. The number of nitrogens with zero attached hydrogens (tertiary/aromatic N) is 2. The smallest absolute Gasteiger partial charge is 0.328 e. The summed E-state index contributed by atoms with van der Waals surface area (Å²) in [6.07, 6.45) is 0. The number of H-pyrrole nitrogens is 1. The van der Waals surface area contributed by atoms with E-state index >= 15 is 0 Å². The number of aliphatic hydroxyl groups is 1. The lowest BCUT2D eigenvalue weighted by Crippen LogP contribution is -2.35. The molecule has 0 unspecified atom stereocenters. The molecule has 0 fully saturated rings. The minimum atomic E-state index is -0.493. The molecular formula is C15H19N3O4. The normalized spacial score (nSPS) is 10.9. The number of aromatic amines is 1. The van der Waals surface area contributed by atoms with E-state index in [0.29, 0.717) is 23.0 Å². The Balaban J connectivity index is 2.54. The van der Waals surface area contributed by atoms with Crippen LogP contribution in [0.25, 0.3) is 10.9 Å². The number of nitrogens with one attached hydrogen (secondary N) is 1. The minimum absolute atomic E-state index is 0.120. The molecule has 2 rings (SSSR count). The Morgan fingerprint density at radius 1 is 1.32 bits per heavy atom. The molecule has 0 aliphatic heterocycles. The molecule has 0 radical (unpaired) electrons. The second-order valence-corrected chi connectivity index (χ2v) is 4.85. The Morgan fingerprint density at radius 3 is 2.64 bits per heavy atom. The van der Waals surface area contributed by atoms with Gasteiger partial charge in [0.15, 0.2) is 0 Å². The van der Waals surface area contributed by atoms with Gasteiger partial charge in [0, 0.05) is 25.2 Å². The molecule has 0 saturated carbocycles. The van der Waals surface area contributed by atoms with Crippen molar-refractivity contribution in [1.29, 1.82) is 0 Å². The molecule has 118 valence electrons. The van der Waals surface area contributed by atoms with Gasteiger partial charge < -0.3 is 15.0 Å². The van der Waals surface area contributed by atoms with Crippen molar-refractivity contribution in [3.63, 3.8) is 0 Å². The molecule has 7 nitrogen and oxygen atoms in total. The first-order chi connectivity index (χ1) is 10.5. The molecule has 0 bridgehead atoms. The monoisotopic (exact) mass is 305 g/mol. The van der Waals surface area contributed by atoms with E-state index in [4.69, 9.17) is 5.11 Å². The van der Waals surface area contributed by atoms with Crippen LogP contribution in [0.15, 0.2) is 27.8 Å². The number of likely N-dealkylation sites (N-methyl/N-ethyl adjacent to an activating group) is 1. The molecule has 0 saturated heterocycles. The van der Waals surface area contributed by atoms with E-state index in [9.17, 15) is 14.4 Å². The first kappa shape index (κ1) is 16.0. The van der Waals surface area contributed by atoms with Crippen molar-refractivity contribution in [2.45, 2.75) is 20.4 Å². The van der Waals surface area contributed by atoms with E-state index in [2.05, 4.69) is 4.98 Å². The van der Waals surface area contributed by atoms with E-state index in [0.717, 1.165) is 4.57 Å². The van der Waals surface area contributed by atoms with E-state index < -0.39 is 5.69 Å². The summed E-state index contributed by atoms with van der Waals surface area (Å²) in [5.74, 6) is -0.251. The number of aliphatic hydroxyl groups excluding tert-OH is 1. The van der Waals surface area contributed by atoms with E-state index in [-0.39, 0.29) is 31.2 Å². The van der Waals surface area contributed by atoms with Gasteiger partial charge >= 0.3 is 5.69 Å². The average molecular weight is 305 g/mol. The summed E-state index contributed by atoms with van der Waals surface area (Å²) in [6.45, 7) is 4.40. The van der Waals surface area contributed by atoms with Gasteiger partial charge in [-0.05, 0) is 32.0 Å². The van der Waals surface area contributed by atoms with Crippen molar-refractivity contribution in [2.75, 3.05) is 19.7 Å². The number of fused-ring (bicyclic) bond motifs is 1. The lowest BCUT2D eigenvalue weighted by atomic mass is 10.1. The van der Waals surface area contributed by atoms with Crippen molar-refractivity contribution >= 4 is 16.8 Å². The van der Waals surface area contributed by atoms with Crippen LogP contribution in [-0.2, 0) is 6.54 Å². The summed E-state index contributed by atoms with van der Waals surface area (Å²) in [6, 6.07) is 4.60. The Morgan fingerprint density at radius 2 is 2.05 bits per heavy atom. The molecule has 1 heterocycles. The van der Waals surface area contributed by atoms with Gasteiger partial charge in [0.05, 0.1) is 17.5 Å². The Kier molecular flexibility index (Phi) is 4.77. The van der Waals surface area contributed by atoms with Crippen LogP contribution < -0.4 is 11.2 Å². The second kappa shape index (κ2) is 6.57. The van der Waals surface area contributed by atoms with E-state index in [1.807, 2.05) is 6.92 Å². The Labute approximate surface area is 126 Å². The fourth-order valence-corrected chi connectivity index (χ4v) is 2.38. The number of benzene rings is 1. The highest BCUT2D eigenvalue weighted by Crippen LogP contribution is 2.11. The molecule has 0 aliphatic rings. The number of amides is 1. The minimum Gasteiger partial charge on any atom is -0.395 e. The highest BCUT2D eigenvalue weighted by molar-refractivity contribution is 5.97. The van der Waals surface area contributed by atoms with Gasteiger partial charge in [-0.25, -0.2) is 4.79 Å². The number of aromatic nitrogens is 2. The van der Waals surface area contributed by atoms with Crippen molar-refractivity contribution in [3.05, 3.63) is 44.6 Å². The maximum absolute atomic E-state index is 12.3. The number of hydrogen-bond acceptors (Lipinski definition) is 4. The first-order valence-electron chi connectivity index (χ1n) is 7.20. The molecule has 7 heteroatoms. The van der Waals surface area contributed by atoms with Crippen molar-refractivity contribution in [2.24, 2.45) is 0 Å². The molecule has 0 atom stereocenters. The van der Waals surface area contributed by atoms with Gasteiger partial charge in [-0.15, -0.1) is 0 Å². The predicted octanol–water partition coefficient (Wildman–Crippen LogP) is 0.164.